The Morgan fingerprint density at radius 2 is 1.94 bits per heavy atom. The van der Waals surface area contributed by atoms with Gasteiger partial charge in [0.15, 0.2) is 5.65 Å². The molecule has 0 aliphatic carbocycles. The van der Waals surface area contributed by atoms with Crippen LogP contribution in [-0.4, -0.2) is 29.6 Å². The van der Waals surface area contributed by atoms with E-state index in [1.165, 1.54) is 0 Å². The van der Waals surface area contributed by atoms with Crippen LogP contribution in [0.5, 0.6) is 0 Å². The lowest BCUT2D eigenvalue weighted by molar-refractivity contribution is 0.735. The Hall–Kier alpha value is -2.11. The van der Waals surface area contributed by atoms with Gasteiger partial charge in [-0.15, -0.1) is 10.2 Å². The average molecular weight is 216 g/mol. The second kappa shape index (κ2) is 2.94. The summed E-state index contributed by atoms with van der Waals surface area (Å²) >= 11 is 0. The molecule has 3 aromatic heterocycles. The fourth-order valence-electron chi connectivity index (χ4n) is 1.86. The third-order valence-corrected chi connectivity index (χ3v) is 2.50. The molecular formula is C10H12N6. The SMILES string of the molecule is Cc1cc(C)n(-c2nnc3cc(C)[nH]n23)n1. The summed E-state index contributed by atoms with van der Waals surface area (Å²) in [5, 5.41) is 15.8. The van der Waals surface area contributed by atoms with Crippen molar-refractivity contribution < 1.29 is 0 Å². The largest absolute Gasteiger partial charge is 0.294 e. The van der Waals surface area contributed by atoms with Crippen molar-refractivity contribution in [2.24, 2.45) is 0 Å². The minimum absolute atomic E-state index is 0.689. The van der Waals surface area contributed by atoms with Crippen LogP contribution in [0.3, 0.4) is 0 Å². The van der Waals surface area contributed by atoms with E-state index in [2.05, 4.69) is 20.4 Å². The number of H-pyrrole nitrogens is 1. The topological polar surface area (TPSA) is 63.8 Å². The molecule has 0 bridgehead atoms. The zero-order valence-electron chi connectivity index (χ0n) is 9.39. The summed E-state index contributed by atoms with van der Waals surface area (Å²) in [5.74, 6) is 0.689. The zero-order valence-corrected chi connectivity index (χ0v) is 9.39. The molecule has 0 saturated carbocycles. The number of aryl methyl sites for hydroxylation is 3. The van der Waals surface area contributed by atoms with Gasteiger partial charge in [0, 0.05) is 17.5 Å². The van der Waals surface area contributed by atoms with E-state index in [9.17, 15) is 0 Å². The minimum atomic E-state index is 0.689. The standard InChI is InChI=1S/C10H12N6/c1-6-4-8(3)15(13-6)10-12-11-9-5-7(2)14-16(9)10/h4-5,14H,1-3H3. The maximum absolute atomic E-state index is 4.39. The van der Waals surface area contributed by atoms with Crippen molar-refractivity contribution in [2.75, 3.05) is 0 Å². The zero-order chi connectivity index (χ0) is 11.3. The first-order chi connectivity index (χ1) is 7.65. The van der Waals surface area contributed by atoms with Gasteiger partial charge in [-0.1, -0.05) is 0 Å². The highest BCUT2D eigenvalue weighted by Crippen LogP contribution is 2.11. The van der Waals surface area contributed by atoms with E-state index >= 15 is 0 Å². The fourth-order valence-corrected chi connectivity index (χ4v) is 1.86. The number of fused-ring (bicyclic) bond motifs is 1. The van der Waals surface area contributed by atoms with Crippen molar-refractivity contribution in [1.82, 2.24) is 29.6 Å². The third kappa shape index (κ3) is 1.16. The minimum Gasteiger partial charge on any atom is -0.294 e. The lowest BCUT2D eigenvalue weighted by Crippen LogP contribution is -2.05. The summed E-state index contributed by atoms with van der Waals surface area (Å²) in [6.45, 7) is 5.94. The van der Waals surface area contributed by atoms with Crippen LogP contribution in [0.1, 0.15) is 17.1 Å². The van der Waals surface area contributed by atoms with Crippen LogP contribution in [0.2, 0.25) is 0 Å². The normalized spacial score (nSPS) is 11.4. The van der Waals surface area contributed by atoms with Gasteiger partial charge in [-0.3, -0.25) is 5.10 Å². The molecule has 82 valence electrons. The summed E-state index contributed by atoms with van der Waals surface area (Å²) in [4.78, 5) is 0. The molecule has 3 aromatic rings. The third-order valence-electron chi connectivity index (χ3n) is 2.50. The van der Waals surface area contributed by atoms with E-state index in [4.69, 9.17) is 0 Å². The van der Waals surface area contributed by atoms with Gasteiger partial charge in [-0.25, -0.2) is 4.68 Å². The first kappa shape index (κ1) is 9.14. The van der Waals surface area contributed by atoms with Gasteiger partial charge in [-0.2, -0.15) is 9.61 Å². The Kier molecular flexibility index (Phi) is 1.68. The van der Waals surface area contributed by atoms with E-state index < -0.39 is 0 Å². The van der Waals surface area contributed by atoms with E-state index in [-0.39, 0.29) is 0 Å². The molecule has 0 radical (unpaired) electrons. The van der Waals surface area contributed by atoms with Crippen LogP contribution >= 0.6 is 0 Å². The van der Waals surface area contributed by atoms with Crippen LogP contribution in [0.4, 0.5) is 0 Å². The molecule has 3 heterocycles. The molecule has 0 unspecified atom stereocenters. The van der Waals surface area contributed by atoms with Crippen molar-refractivity contribution in [3.63, 3.8) is 0 Å². The molecule has 0 saturated heterocycles. The number of aromatic amines is 1. The molecule has 0 aromatic carbocycles. The van der Waals surface area contributed by atoms with Crippen LogP contribution in [0.25, 0.3) is 11.6 Å². The molecule has 6 heteroatoms. The number of nitrogens with one attached hydrogen (secondary N) is 1. The smallest absolute Gasteiger partial charge is 0.271 e. The predicted octanol–water partition coefficient (Wildman–Crippen LogP) is 1.17. The summed E-state index contributed by atoms with van der Waals surface area (Å²) in [6.07, 6.45) is 0. The molecule has 0 atom stereocenters. The van der Waals surface area contributed by atoms with Crippen molar-refractivity contribution in [3.05, 3.63) is 29.2 Å². The van der Waals surface area contributed by atoms with Crippen molar-refractivity contribution in [2.45, 2.75) is 20.8 Å². The maximum atomic E-state index is 4.39. The Bertz CT molecular complexity index is 656. The second-order valence-corrected chi connectivity index (χ2v) is 3.97. The van der Waals surface area contributed by atoms with Crippen molar-refractivity contribution in [3.8, 4) is 5.95 Å². The highest BCUT2D eigenvalue weighted by atomic mass is 15.5. The number of rotatable bonds is 1. The fraction of sp³-hybridized carbons (Fsp3) is 0.300. The molecule has 0 aliphatic rings. The van der Waals surface area contributed by atoms with Gasteiger partial charge in [0.2, 0.25) is 0 Å². The first-order valence-corrected chi connectivity index (χ1v) is 5.09. The van der Waals surface area contributed by atoms with Gasteiger partial charge < -0.3 is 0 Å². The Morgan fingerprint density at radius 1 is 1.12 bits per heavy atom. The van der Waals surface area contributed by atoms with Gasteiger partial charge in [0.25, 0.3) is 5.95 Å². The molecule has 1 N–H and O–H groups in total. The number of hydrogen-bond donors (Lipinski definition) is 1. The lowest BCUT2D eigenvalue weighted by Gasteiger charge is -1.99. The number of hydrogen-bond acceptors (Lipinski definition) is 3. The molecular weight excluding hydrogens is 204 g/mol. The molecule has 3 rings (SSSR count). The number of aromatic nitrogens is 6. The molecule has 16 heavy (non-hydrogen) atoms. The summed E-state index contributed by atoms with van der Waals surface area (Å²) < 4.78 is 3.61. The van der Waals surface area contributed by atoms with Crippen LogP contribution < -0.4 is 0 Å². The van der Waals surface area contributed by atoms with Gasteiger partial charge in [0.05, 0.1) is 5.69 Å². The van der Waals surface area contributed by atoms with E-state index in [0.29, 0.717) is 5.95 Å². The van der Waals surface area contributed by atoms with Crippen molar-refractivity contribution >= 4 is 5.65 Å². The molecule has 0 amide bonds. The molecule has 0 fully saturated rings. The highest BCUT2D eigenvalue weighted by Gasteiger charge is 2.12. The Labute approximate surface area is 91.9 Å². The number of nitrogens with zero attached hydrogens (tertiary/aromatic N) is 5. The molecule has 0 aliphatic heterocycles. The van der Waals surface area contributed by atoms with E-state index in [0.717, 1.165) is 22.7 Å². The van der Waals surface area contributed by atoms with Crippen LogP contribution in [-0.2, 0) is 0 Å². The molecule has 6 nitrogen and oxygen atoms in total. The van der Waals surface area contributed by atoms with E-state index in [1.54, 1.807) is 4.68 Å². The van der Waals surface area contributed by atoms with Crippen molar-refractivity contribution in [1.29, 1.82) is 0 Å². The highest BCUT2D eigenvalue weighted by molar-refractivity contribution is 5.41. The van der Waals surface area contributed by atoms with E-state index in [1.807, 2.05) is 37.4 Å². The van der Waals surface area contributed by atoms with Crippen LogP contribution in [0.15, 0.2) is 12.1 Å². The summed E-state index contributed by atoms with van der Waals surface area (Å²) in [6, 6.07) is 3.96. The summed E-state index contributed by atoms with van der Waals surface area (Å²) in [5.41, 5.74) is 3.87. The van der Waals surface area contributed by atoms with Gasteiger partial charge in [-0.05, 0) is 26.8 Å². The monoisotopic (exact) mass is 216 g/mol. The average Bonchev–Trinajstić information content (AvgIpc) is 2.80. The molecule has 0 spiro atoms. The predicted molar refractivity (Wildman–Crippen MR) is 58.7 cm³/mol. The maximum Gasteiger partial charge on any atom is 0.271 e. The summed E-state index contributed by atoms with van der Waals surface area (Å²) in [7, 11) is 0. The first-order valence-electron chi connectivity index (χ1n) is 5.09. The van der Waals surface area contributed by atoms with Gasteiger partial charge >= 0.3 is 0 Å². The second-order valence-electron chi connectivity index (χ2n) is 3.97. The Morgan fingerprint density at radius 3 is 2.62 bits per heavy atom. The Balaban J connectivity index is 2.29. The quantitative estimate of drug-likeness (QED) is 0.664. The lowest BCUT2D eigenvalue weighted by atomic mass is 10.4. The van der Waals surface area contributed by atoms with Gasteiger partial charge in [0.1, 0.15) is 0 Å². The van der Waals surface area contributed by atoms with Crippen LogP contribution in [0, 0.1) is 20.8 Å².